The molecule has 6 nitrogen and oxygen atoms in total. The van der Waals surface area contributed by atoms with Gasteiger partial charge >= 0.3 is 0 Å². The Bertz CT molecular complexity index is 1450. The number of hydrogen-bond acceptors (Lipinski definition) is 3. The summed E-state index contributed by atoms with van der Waals surface area (Å²) in [5.41, 5.74) is 6.50. The Balaban J connectivity index is 1.25. The van der Waals surface area contributed by atoms with E-state index in [1.54, 1.807) is 17.2 Å². The third-order valence-electron chi connectivity index (χ3n) is 6.39. The van der Waals surface area contributed by atoms with Gasteiger partial charge in [0.2, 0.25) is 5.91 Å². The normalized spacial score (nSPS) is 15.8. The zero-order chi connectivity index (χ0) is 25.1. The first-order chi connectivity index (χ1) is 17.5. The predicted octanol–water partition coefficient (Wildman–Crippen LogP) is 5.46. The maximum atomic E-state index is 12.5. The Morgan fingerprint density at radius 3 is 2.64 bits per heavy atom. The topological polar surface area (TPSA) is 66.7 Å². The largest absolute Gasteiger partial charge is 0.342 e. The van der Waals surface area contributed by atoms with E-state index in [1.165, 1.54) is 0 Å². The number of likely N-dealkylation sites (tertiary alicyclic amines) is 1. The van der Waals surface area contributed by atoms with Gasteiger partial charge in [-0.3, -0.25) is 9.59 Å². The second kappa shape index (κ2) is 10.6. The van der Waals surface area contributed by atoms with Crippen molar-refractivity contribution in [2.75, 3.05) is 13.1 Å². The van der Waals surface area contributed by atoms with Crippen molar-refractivity contribution in [1.29, 1.82) is 0 Å². The van der Waals surface area contributed by atoms with Crippen LogP contribution in [-0.2, 0) is 16.1 Å². The molecule has 0 bridgehead atoms. The number of rotatable bonds is 7. The number of hydrogen-bond donors (Lipinski definition) is 1. The lowest BCUT2D eigenvalue weighted by Gasteiger charge is -2.15. The second-order valence-electron chi connectivity index (χ2n) is 8.84. The van der Waals surface area contributed by atoms with Crippen LogP contribution in [0.4, 0.5) is 0 Å². The summed E-state index contributed by atoms with van der Waals surface area (Å²) >= 11 is 12.4. The van der Waals surface area contributed by atoms with Crippen LogP contribution < -0.4 is 5.43 Å². The number of para-hydroxylation sites is 1. The summed E-state index contributed by atoms with van der Waals surface area (Å²) in [5.74, 6) is -0.243. The summed E-state index contributed by atoms with van der Waals surface area (Å²) in [4.78, 5) is 26.5. The molecule has 0 saturated carbocycles. The second-order valence-corrected chi connectivity index (χ2v) is 9.69. The third kappa shape index (κ3) is 5.30. The molecule has 1 aliphatic rings. The lowest BCUT2D eigenvalue weighted by Crippen LogP contribution is -2.36. The highest BCUT2D eigenvalue weighted by Crippen LogP contribution is 2.28. The zero-order valence-corrected chi connectivity index (χ0v) is 20.9. The van der Waals surface area contributed by atoms with Crippen molar-refractivity contribution in [2.24, 2.45) is 5.10 Å². The molecule has 0 aliphatic carbocycles. The van der Waals surface area contributed by atoms with Crippen LogP contribution in [-0.4, -0.2) is 40.6 Å². The van der Waals surface area contributed by atoms with Crippen LogP contribution in [0.25, 0.3) is 10.9 Å². The Labute approximate surface area is 219 Å². The average molecular weight is 519 g/mol. The van der Waals surface area contributed by atoms with Gasteiger partial charge in [-0.15, -0.1) is 0 Å². The molecule has 5 rings (SSSR count). The minimum atomic E-state index is -0.329. The van der Waals surface area contributed by atoms with Crippen LogP contribution in [0.3, 0.4) is 0 Å². The van der Waals surface area contributed by atoms with E-state index < -0.39 is 0 Å². The van der Waals surface area contributed by atoms with Gasteiger partial charge in [-0.2, -0.15) is 5.10 Å². The fourth-order valence-corrected chi connectivity index (χ4v) is 5.07. The van der Waals surface area contributed by atoms with Gasteiger partial charge in [0.25, 0.3) is 5.91 Å². The number of halogens is 2. The lowest BCUT2D eigenvalue weighted by molar-refractivity contribution is -0.133. The van der Waals surface area contributed by atoms with Gasteiger partial charge in [0, 0.05) is 58.1 Å². The lowest BCUT2D eigenvalue weighted by atomic mass is 9.99. The molecule has 2 heterocycles. The highest BCUT2D eigenvalue weighted by atomic mass is 35.5. The van der Waals surface area contributed by atoms with Gasteiger partial charge in [0.15, 0.2) is 0 Å². The summed E-state index contributed by atoms with van der Waals surface area (Å²) in [5, 5.41) is 6.37. The van der Waals surface area contributed by atoms with Gasteiger partial charge in [-0.05, 0) is 29.3 Å². The number of amides is 2. The molecule has 4 aromatic rings. The van der Waals surface area contributed by atoms with E-state index in [0.29, 0.717) is 29.6 Å². The van der Waals surface area contributed by atoms with E-state index in [-0.39, 0.29) is 24.3 Å². The molecule has 182 valence electrons. The Kier molecular flexibility index (Phi) is 7.07. The fraction of sp³-hybridized carbons (Fsp3) is 0.179. The predicted molar refractivity (Wildman–Crippen MR) is 144 cm³/mol. The van der Waals surface area contributed by atoms with E-state index in [9.17, 15) is 9.59 Å². The number of carbonyl (C=O) groups excluding carboxylic acids is 2. The number of nitrogens with zero attached hydrogens (tertiary/aromatic N) is 3. The van der Waals surface area contributed by atoms with Crippen molar-refractivity contribution in [3.8, 4) is 0 Å². The zero-order valence-electron chi connectivity index (χ0n) is 19.4. The third-order valence-corrected chi connectivity index (χ3v) is 6.97. The number of nitrogens with one attached hydrogen (secondary N) is 1. The van der Waals surface area contributed by atoms with Crippen LogP contribution in [0.5, 0.6) is 0 Å². The number of fused-ring (bicyclic) bond motifs is 1. The van der Waals surface area contributed by atoms with E-state index in [4.69, 9.17) is 23.2 Å². The molecule has 0 radical (unpaired) electrons. The molecule has 36 heavy (non-hydrogen) atoms. The van der Waals surface area contributed by atoms with Crippen LogP contribution in [0, 0.1) is 0 Å². The molecule has 1 saturated heterocycles. The molecule has 3 aromatic carbocycles. The minimum Gasteiger partial charge on any atom is -0.342 e. The first-order valence-corrected chi connectivity index (χ1v) is 12.4. The highest BCUT2D eigenvalue weighted by molar-refractivity contribution is 6.35. The van der Waals surface area contributed by atoms with Gasteiger partial charge in [-0.25, -0.2) is 5.43 Å². The van der Waals surface area contributed by atoms with Crippen molar-refractivity contribution >= 4 is 52.1 Å². The number of aromatic nitrogens is 1. The molecule has 2 amide bonds. The molecular weight excluding hydrogens is 495 g/mol. The Hall–Kier alpha value is -3.61. The minimum absolute atomic E-state index is 0.0175. The van der Waals surface area contributed by atoms with Gasteiger partial charge < -0.3 is 9.47 Å². The number of hydrazone groups is 1. The SMILES string of the molecule is O=C(CN1C[C@H](c2ccccc2)CC1=O)N/N=C\c1cn(Cc2ccc(Cl)cc2Cl)c2ccccc12. The summed E-state index contributed by atoms with van der Waals surface area (Å²) in [6, 6.07) is 23.3. The van der Waals surface area contributed by atoms with Gasteiger partial charge in [0.05, 0.1) is 6.21 Å². The van der Waals surface area contributed by atoms with E-state index in [2.05, 4.69) is 15.1 Å². The molecular formula is C28H24Cl2N4O2. The molecule has 0 unspecified atom stereocenters. The van der Waals surface area contributed by atoms with Crippen LogP contribution >= 0.6 is 23.2 Å². The fourth-order valence-electron chi connectivity index (χ4n) is 4.60. The molecule has 8 heteroatoms. The number of benzene rings is 3. The van der Waals surface area contributed by atoms with Crippen molar-refractivity contribution in [3.63, 3.8) is 0 Å². The van der Waals surface area contributed by atoms with Crippen LogP contribution in [0.1, 0.15) is 29.0 Å². The summed E-state index contributed by atoms with van der Waals surface area (Å²) < 4.78 is 2.08. The van der Waals surface area contributed by atoms with Crippen molar-refractivity contribution in [3.05, 3.63) is 106 Å². The van der Waals surface area contributed by atoms with Crippen molar-refractivity contribution in [2.45, 2.75) is 18.9 Å². The summed E-state index contributed by atoms with van der Waals surface area (Å²) in [6.45, 7) is 1.08. The van der Waals surface area contributed by atoms with Crippen LogP contribution in [0.15, 0.2) is 84.1 Å². The van der Waals surface area contributed by atoms with E-state index in [0.717, 1.165) is 27.6 Å². The van der Waals surface area contributed by atoms with Gasteiger partial charge in [0.1, 0.15) is 6.54 Å². The maximum Gasteiger partial charge on any atom is 0.259 e. The van der Waals surface area contributed by atoms with Crippen molar-refractivity contribution in [1.82, 2.24) is 14.9 Å². The van der Waals surface area contributed by atoms with E-state index >= 15 is 0 Å². The first kappa shape index (κ1) is 24.1. The summed E-state index contributed by atoms with van der Waals surface area (Å²) in [6.07, 6.45) is 4.01. The monoisotopic (exact) mass is 518 g/mol. The average Bonchev–Trinajstić information content (AvgIpc) is 3.41. The first-order valence-electron chi connectivity index (χ1n) is 11.6. The molecule has 1 aliphatic heterocycles. The van der Waals surface area contributed by atoms with Crippen LogP contribution in [0.2, 0.25) is 10.0 Å². The standard InChI is InChI=1S/C28H24Cl2N4O2/c29-23-11-10-20(25(30)13-23)15-33-17-22(24-8-4-5-9-26(24)33)14-31-32-27(35)18-34-16-21(12-28(34)36)19-6-2-1-3-7-19/h1-11,13-14,17,21H,12,15-16,18H2,(H,32,35)/b31-14-/t21-/m1/s1. The molecule has 1 atom stereocenters. The molecule has 0 spiro atoms. The van der Waals surface area contributed by atoms with Gasteiger partial charge in [-0.1, -0.05) is 77.8 Å². The molecule has 1 aromatic heterocycles. The highest BCUT2D eigenvalue weighted by Gasteiger charge is 2.31. The Morgan fingerprint density at radius 2 is 1.83 bits per heavy atom. The molecule has 1 N–H and O–H groups in total. The van der Waals surface area contributed by atoms with E-state index in [1.807, 2.05) is 72.9 Å². The molecule has 1 fully saturated rings. The smallest absolute Gasteiger partial charge is 0.259 e. The summed E-state index contributed by atoms with van der Waals surface area (Å²) in [7, 11) is 0. The maximum absolute atomic E-state index is 12.5. The quantitative estimate of drug-likeness (QED) is 0.260. The van der Waals surface area contributed by atoms with Crippen molar-refractivity contribution < 1.29 is 9.59 Å². The number of carbonyl (C=O) groups is 2. The Morgan fingerprint density at radius 1 is 1.06 bits per heavy atom.